The van der Waals surface area contributed by atoms with E-state index in [2.05, 4.69) is 78.8 Å². The molecule has 0 N–H and O–H groups in total. The van der Waals surface area contributed by atoms with Gasteiger partial charge in [-0.3, -0.25) is 0 Å². The fourth-order valence-electron chi connectivity index (χ4n) is 10.3. The van der Waals surface area contributed by atoms with Gasteiger partial charge in [0.2, 0.25) is 0 Å². The van der Waals surface area contributed by atoms with Crippen molar-refractivity contribution >= 4 is 78.1 Å². The largest absolute Gasteiger partial charge is 0.494 e. The van der Waals surface area contributed by atoms with E-state index in [9.17, 15) is 5.26 Å². The molecule has 0 spiro atoms. The number of hydrogen-bond acceptors (Lipinski definition) is 11. The molecule has 4 aromatic heterocycles. The maximum Gasteiger partial charge on any atom is 0.494 e. The molecule has 1 aliphatic rings. The number of benzene rings is 10. The molecule has 0 unspecified atom stereocenters. The molecule has 15 rings (SSSR count). The summed E-state index contributed by atoms with van der Waals surface area (Å²) in [5.41, 5.74) is 12.4. The zero-order chi connectivity index (χ0) is 60.4. The summed E-state index contributed by atoms with van der Waals surface area (Å²) < 4.78 is 25.0. The average molecular weight is 1210 g/mol. The van der Waals surface area contributed by atoms with Gasteiger partial charge in [-0.15, -0.1) is 0 Å². The number of aromatic nitrogens is 6. The molecule has 14 heteroatoms. The second-order valence-corrected chi connectivity index (χ2v) is 23.0. The molecule has 0 amide bonds. The first kappa shape index (κ1) is 56.4. The van der Waals surface area contributed by atoms with E-state index >= 15 is 0 Å². The van der Waals surface area contributed by atoms with Crippen molar-refractivity contribution in [3.63, 3.8) is 0 Å². The van der Waals surface area contributed by atoms with Crippen molar-refractivity contribution < 1.29 is 18.1 Å². The quantitative estimate of drug-likeness (QED) is 0.106. The monoisotopic (exact) mass is 1210 g/mol. The Morgan fingerprint density at radius 3 is 1.16 bits per heavy atom. The molecule has 88 heavy (non-hydrogen) atoms. The van der Waals surface area contributed by atoms with Gasteiger partial charge in [0, 0.05) is 59.4 Å². The molecule has 0 saturated carbocycles. The smallest absolute Gasteiger partial charge is 0.456 e. The number of halogens is 1. The summed E-state index contributed by atoms with van der Waals surface area (Å²) in [4.78, 5) is 32.2. The van der Waals surface area contributed by atoms with Crippen LogP contribution in [-0.2, 0) is 9.31 Å². The number of nitrogens with zero attached hydrogens (tertiary/aromatic N) is 8. The van der Waals surface area contributed by atoms with Crippen molar-refractivity contribution in [1.82, 2.24) is 29.9 Å². The van der Waals surface area contributed by atoms with Crippen LogP contribution in [0.5, 0.6) is 0 Å². The van der Waals surface area contributed by atoms with Crippen molar-refractivity contribution in [2.75, 3.05) is 0 Å². The number of rotatable bonds is 8. The van der Waals surface area contributed by atoms with Gasteiger partial charge in [0.1, 0.15) is 22.3 Å². The van der Waals surface area contributed by atoms with Crippen molar-refractivity contribution in [3.8, 4) is 85.5 Å². The van der Waals surface area contributed by atoms with Crippen LogP contribution in [0.25, 0.3) is 128 Å². The van der Waals surface area contributed by atoms with Crippen LogP contribution in [0.4, 0.5) is 5.69 Å². The Kier molecular flexibility index (Phi) is 15.4. The van der Waals surface area contributed by atoms with E-state index in [0.29, 0.717) is 46.2 Å². The summed E-state index contributed by atoms with van der Waals surface area (Å²) in [5, 5.41) is 13.3. The Balaban J connectivity index is 0.000000132. The normalized spacial score (nSPS) is 13.1. The molecule has 5 heterocycles. The summed E-state index contributed by atoms with van der Waals surface area (Å²) >= 11 is 3.44. The number of nitriles is 1. The number of furan rings is 2. The second kappa shape index (κ2) is 24.0. The maximum atomic E-state index is 9.33. The second-order valence-electron chi connectivity index (χ2n) is 22.0. The molecule has 0 aliphatic carbocycles. The fraction of sp³-hybridized carbons (Fsp3) is 0.0811. The molecule has 1 fully saturated rings. The highest BCUT2D eigenvalue weighted by Crippen LogP contribution is 2.38. The lowest BCUT2D eigenvalue weighted by Crippen LogP contribution is -2.41. The third kappa shape index (κ3) is 11.7. The summed E-state index contributed by atoms with van der Waals surface area (Å²) in [6, 6.07) is 81.4. The Labute approximate surface area is 516 Å². The zero-order valence-electron chi connectivity index (χ0n) is 48.3. The molecule has 1 aliphatic heterocycles. The average Bonchev–Trinajstić information content (AvgIpc) is 2.40. The van der Waals surface area contributed by atoms with Gasteiger partial charge < -0.3 is 18.1 Å². The molecule has 1 saturated heterocycles. The zero-order valence-corrected chi connectivity index (χ0v) is 49.8. The Bertz CT molecular complexity index is 4820. The van der Waals surface area contributed by atoms with Gasteiger partial charge >= 0.3 is 7.12 Å². The van der Waals surface area contributed by atoms with Crippen LogP contribution in [0.2, 0.25) is 0 Å². The minimum Gasteiger partial charge on any atom is -0.456 e. The summed E-state index contributed by atoms with van der Waals surface area (Å²) in [5.74, 6) is 3.82. The Morgan fingerprint density at radius 2 is 0.727 bits per heavy atom. The fourth-order valence-corrected chi connectivity index (χ4v) is 10.7. The van der Waals surface area contributed by atoms with E-state index in [0.717, 1.165) is 98.3 Å². The lowest BCUT2D eigenvalue weighted by atomic mass is 9.79. The Hall–Kier alpha value is -10.7. The minimum atomic E-state index is -0.401. The van der Waals surface area contributed by atoms with Crippen molar-refractivity contribution in [2.24, 2.45) is 0 Å². The molecule has 12 nitrogen and oxygen atoms in total. The number of hydrogen-bond donors (Lipinski definition) is 0. The SMILES string of the molecule is CC1(C)OB(c2ccc(-c3nc(-c4ccccc4)nc(-c4ccccc4)n3)cc2)OC1(C)C.N#Cc1ccc2oc3ccc(-c4ccc(-c5nc(-c6ccccc6)nc(-c6ccccc6)n5)cc4)cc3c2c1.[C-]#[N+]c1ccc2oc3ccc(Br)cc3c2c1. The lowest BCUT2D eigenvalue weighted by molar-refractivity contribution is 0.00578. The van der Waals surface area contributed by atoms with Crippen molar-refractivity contribution in [1.29, 1.82) is 5.26 Å². The van der Waals surface area contributed by atoms with Crippen molar-refractivity contribution in [2.45, 2.75) is 38.9 Å². The van der Waals surface area contributed by atoms with Crippen LogP contribution in [0.1, 0.15) is 33.3 Å². The van der Waals surface area contributed by atoms with Gasteiger partial charge in [-0.1, -0.05) is 198 Å². The highest BCUT2D eigenvalue weighted by atomic mass is 79.9. The molecule has 0 radical (unpaired) electrons. The van der Waals surface area contributed by atoms with Crippen LogP contribution in [0.15, 0.2) is 256 Å². The van der Waals surface area contributed by atoms with E-state index < -0.39 is 7.12 Å². The van der Waals surface area contributed by atoms with Crippen LogP contribution in [0, 0.1) is 17.9 Å². The van der Waals surface area contributed by atoms with Gasteiger partial charge in [0.15, 0.2) is 40.6 Å². The maximum absolute atomic E-state index is 9.33. The molecule has 0 bridgehead atoms. The molecular weight excluding hydrogens is 1160 g/mol. The first-order chi connectivity index (χ1) is 42.8. The van der Waals surface area contributed by atoms with Gasteiger partial charge in [0.25, 0.3) is 0 Å². The molecular formula is C74H52BBrN8O4. The predicted octanol–water partition coefficient (Wildman–Crippen LogP) is 18.4. The van der Waals surface area contributed by atoms with Crippen LogP contribution < -0.4 is 5.46 Å². The van der Waals surface area contributed by atoms with Crippen molar-refractivity contribution in [3.05, 3.63) is 264 Å². The van der Waals surface area contributed by atoms with Crippen LogP contribution in [-0.4, -0.2) is 48.2 Å². The summed E-state index contributed by atoms with van der Waals surface area (Å²) in [6.45, 7) is 15.2. The predicted molar refractivity (Wildman–Crippen MR) is 353 cm³/mol. The van der Waals surface area contributed by atoms with Crippen LogP contribution >= 0.6 is 15.9 Å². The third-order valence-corrected chi connectivity index (χ3v) is 16.2. The number of fused-ring (bicyclic) bond motifs is 6. The van der Waals surface area contributed by atoms with Gasteiger partial charge in [-0.25, -0.2) is 34.7 Å². The molecule has 0 atom stereocenters. The van der Waals surface area contributed by atoms with E-state index in [1.165, 1.54) is 0 Å². The van der Waals surface area contributed by atoms with Gasteiger partial charge in [0.05, 0.1) is 29.4 Å². The third-order valence-electron chi connectivity index (χ3n) is 15.7. The van der Waals surface area contributed by atoms with E-state index in [1.807, 2.05) is 206 Å². The van der Waals surface area contributed by atoms with E-state index in [4.69, 9.17) is 54.6 Å². The minimum absolute atomic E-state index is 0.375. The first-order valence-electron chi connectivity index (χ1n) is 28.5. The highest BCUT2D eigenvalue weighted by molar-refractivity contribution is 9.10. The first-order valence-corrected chi connectivity index (χ1v) is 29.3. The van der Waals surface area contributed by atoms with Crippen LogP contribution in [0.3, 0.4) is 0 Å². The van der Waals surface area contributed by atoms with Gasteiger partial charge in [-0.2, -0.15) is 5.26 Å². The van der Waals surface area contributed by atoms with E-state index in [1.54, 1.807) is 12.1 Å². The highest BCUT2D eigenvalue weighted by Gasteiger charge is 2.51. The molecule has 14 aromatic rings. The van der Waals surface area contributed by atoms with Gasteiger partial charge in [-0.05, 0) is 105 Å². The van der Waals surface area contributed by atoms with E-state index in [-0.39, 0.29) is 11.2 Å². The topological polar surface area (TPSA) is 150 Å². The summed E-state index contributed by atoms with van der Waals surface area (Å²) in [7, 11) is -0.401. The molecule has 422 valence electrons. The standard InChI is InChI=1S/C34H20N4O.C27H26BN3O2.C13H6BrNO/c35-21-22-11-17-30-28(19-22)29-20-27(16-18-31(29)39-30)23-12-14-26(15-13-23)34-37-32(24-7-3-1-4-8-24)36-33(38-34)25-9-5-2-6-10-25;1-26(2)27(3,4)33-28(32-26)22-17-15-21(16-18-22)25-30-23(19-11-7-5-8-12-19)29-24(31-25)20-13-9-6-10-14-20;1-15-9-3-5-13-11(7-9)10-6-8(14)2-4-12(10)16-13/h1-20H;5-18H,1-4H3;2-7H. The summed E-state index contributed by atoms with van der Waals surface area (Å²) in [6.07, 6.45) is 0. The molecule has 10 aromatic carbocycles. The lowest BCUT2D eigenvalue weighted by Gasteiger charge is -2.32. The Morgan fingerprint density at radius 1 is 0.386 bits per heavy atom.